The van der Waals surface area contributed by atoms with Crippen molar-refractivity contribution in [3.8, 4) is 11.1 Å². The highest BCUT2D eigenvalue weighted by molar-refractivity contribution is 5.63. The molecule has 1 aliphatic rings. The molecule has 0 saturated heterocycles. The Morgan fingerprint density at radius 3 is 2.25 bits per heavy atom. The molecular formula is C18H22N2. The molecule has 0 bridgehead atoms. The molecule has 0 spiro atoms. The van der Waals surface area contributed by atoms with E-state index in [0.717, 1.165) is 13.0 Å². The van der Waals surface area contributed by atoms with Gasteiger partial charge in [-0.05, 0) is 29.5 Å². The third-order valence-electron chi connectivity index (χ3n) is 4.20. The predicted molar refractivity (Wildman–Crippen MR) is 84.3 cm³/mol. The molecule has 2 aromatic rings. The average molecular weight is 266 g/mol. The highest BCUT2D eigenvalue weighted by Crippen LogP contribution is 2.20. The van der Waals surface area contributed by atoms with E-state index in [1.165, 1.54) is 29.5 Å². The Balaban J connectivity index is 1.62. The monoisotopic (exact) mass is 266 g/mol. The van der Waals surface area contributed by atoms with Gasteiger partial charge in [0.25, 0.3) is 0 Å². The van der Waals surface area contributed by atoms with Gasteiger partial charge in [-0.3, -0.25) is 0 Å². The van der Waals surface area contributed by atoms with E-state index >= 15 is 0 Å². The molecule has 2 nitrogen and oxygen atoms in total. The van der Waals surface area contributed by atoms with Crippen molar-refractivity contribution in [1.29, 1.82) is 0 Å². The van der Waals surface area contributed by atoms with Crippen LogP contribution in [-0.4, -0.2) is 12.1 Å². The summed E-state index contributed by atoms with van der Waals surface area (Å²) in [6.07, 6.45) is 3.62. The largest absolute Gasteiger partial charge is 0.326 e. The zero-order valence-corrected chi connectivity index (χ0v) is 11.8. The molecule has 1 saturated carbocycles. The molecule has 1 fully saturated rings. The molecular weight excluding hydrogens is 244 g/mol. The van der Waals surface area contributed by atoms with Gasteiger partial charge in [0.05, 0.1) is 0 Å². The van der Waals surface area contributed by atoms with Gasteiger partial charge in [-0.2, -0.15) is 0 Å². The molecule has 0 radical (unpaired) electrons. The number of nitrogens with two attached hydrogens (primary N) is 1. The number of benzene rings is 2. The second-order valence-corrected chi connectivity index (χ2v) is 5.65. The quantitative estimate of drug-likeness (QED) is 0.891. The van der Waals surface area contributed by atoms with Gasteiger partial charge in [0, 0.05) is 18.6 Å². The number of hydrogen-bond acceptors (Lipinski definition) is 2. The first kappa shape index (κ1) is 13.3. The van der Waals surface area contributed by atoms with Gasteiger partial charge in [0.2, 0.25) is 0 Å². The summed E-state index contributed by atoms with van der Waals surface area (Å²) in [6, 6.07) is 20.1. The van der Waals surface area contributed by atoms with Crippen molar-refractivity contribution < 1.29 is 0 Å². The number of rotatable bonds is 4. The minimum Gasteiger partial charge on any atom is -0.326 e. The standard InChI is InChI=1S/C18H22N2/c19-17-7-4-8-18(17)20-13-14-9-11-16(12-10-14)15-5-2-1-3-6-15/h1-3,5-6,9-12,17-18,20H,4,7-8,13,19H2. The molecule has 2 atom stereocenters. The lowest BCUT2D eigenvalue weighted by atomic mass is 10.0. The highest BCUT2D eigenvalue weighted by atomic mass is 15.0. The summed E-state index contributed by atoms with van der Waals surface area (Å²) >= 11 is 0. The Morgan fingerprint density at radius 2 is 1.60 bits per heavy atom. The van der Waals surface area contributed by atoms with Gasteiger partial charge in [0.1, 0.15) is 0 Å². The van der Waals surface area contributed by atoms with Gasteiger partial charge in [-0.25, -0.2) is 0 Å². The Morgan fingerprint density at radius 1 is 0.900 bits per heavy atom. The normalized spacial score (nSPS) is 22.1. The van der Waals surface area contributed by atoms with Crippen LogP contribution in [0.25, 0.3) is 11.1 Å². The number of hydrogen-bond donors (Lipinski definition) is 2. The Bertz CT molecular complexity index is 533. The van der Waals surface area contributed by atoms with Gasteiger partial charge < -0.3 is 11.1 Å². The van der Waals surface area contributed by atoms with E-state index in [-0.39, 0.29) is 0 Å². The van der Waals surface area contributed by atoms with Crippen molar-refractivity contribution in [2.75, 3.05) is 0 Å². The molecule has 20 heavy (non-hydrogen) atoms. The summed E-state index contributed by atoms with van der Waals surface area (Å²) in [7, 11) is 0. The van der Waals surface area contributed by atoms with E-state index in [1.54, 1.807) is 0 Å². The van der Waals surface area contributed by atoms with Crippen LogP contribution in [0.5, 0.6) is 0 Å². The predicted octanol–water partition coefficient (Wildman–Crippen LogP) is 3.32. The third kappa shape index (κ3) is 3.09. The van der Waals surface area contributed by atoms with Crippen molar-refractivity contribution in [3.05, 3.63) is 60.2 Å². The molecule has 2 aromatic carbocycles. The maximum atomic E-state index is 6.08. The maximum Gasteiger partial charge on any atom is 0.0222 e. The van der Waals surface area contributed by atoms with Crippen molar-refractivity contribution in [3.63, 3.8) is 0 Å². The minimum atomic E-state index is 0.332. The molecule has 1 aliphatic carbocycles. The van der Waals surface area contributed by atoms with Crippen LogP contribution in [0.2, 0.25) is 0 Å². The molecule has 0 amide bonds. The van der Waals surface area contributed by atoms with Crippen LogP contribution in [0.3, 0.4) is 0 Å². The lowest BCUT2D eigenvalue weighted by molar-refractivity contribution is 0.475. The summed E-state index contributed by atoms with van der Waals surface area (Å²) in [6.45, 7) is 0.910. The summed E-state index contributed by atoms with van der Waals surface area (Å²) in [5.74, 6) is 0. The van der Waals surface area contributed by atoms with Crippen LogP contribution in [0.1, 0.15) is 24.8 Å². The van der Waals surface area contributed by atoms with Gasteiger partial charge in [-0.15, -0.1) is 0 Å². The van der Waals surface area contributed by atoms with Gasteiger partial charge in [0.15, 0.2) is 0 Å². The summed E-state index contributed by atoms with van der Waals surface area (Å²) in [5, 5.41) is 3.58. The topological polar surface area (TPSA) is 38.0 Å². The second-order valence-electron chi connectivity index (χ2n) is 5.65. The van der Waals surface area contributed by atoms with Crippen LogP contribution in [0.4, 0.5) is 0 Å². The fourth-order valence-corrected chi connectivity index (χ4v) is 2.94. The Kier molecular flexibility index (Phi) is 4.14. The average Bonchev–Trinajstić information content (AvgIpc) is 2.92. The molecule has 3 N–H and O–H groups in total. The van der Waals surface area contributed by atoms with Crippen molar-refractivity contribution in [2.45, 2.75) is 37.9 Å². The minimum absolute atomic E-state index is 0.332. The van der Waals surface area contributed by atoms with Crippen molar-refractivity contribution in [1.82, 2.24) is 5.32 Å². The van der Waals surface area contributed by atoms with Crippen LogP contribution >= 0.6 is 0 Å². The third-order valence-corrected chi connectivity index (χ3v) is 4.20. The zero-order valence-electron chi connectivity index (χ0n) is 11.8. The van der Waals surface area contributed by atoms with Crippen LogP contribution in [0.15, 0.2) is 54.6 Å². The second kappa shape index (κ2) is 6.21. The summed E-state index contributed by atoms with van der Waals surface area (Å²) in [4.78, 5) is 0. The highest BCUT2D eigenvalue weighted by Gasteiger charge is 2.22. The fourth-order valence-electron chi connectivity index (χ4n) is 2.94. The van der Waals surface area contributed by atoms with Gasteiger partial charge >= 0.3 is 0 Å². The first-order valence-corrected chi connectivity index (χ1v) is 7.46. The van der Waals surface area contributed by atoms with E-state index in [1.807, 2.05) is 6.07 Å². The van der Waals surface area contributed by atoms with Crippen LogP contribution in [-0.2, 0) is 6.54 Å². The van der Waals surface area contributed by atoms with E-state index in [0.29, 0.717) is 12.1 Å². The smallest absolute Gasteiger partial charge is 0.0222 e. The zero-order chi connectivity index (χ0) is 13.8. The lowest BCUT2D eigenvalue weighted by Crippen LogP contribution is -2.40. The van der Waals surface area contributed by atoms with Crippen LogP contribution in [0, 0.1) is 0 Å². The molecule has 0 heterocycles. The van der Waals surface area contributed by atoms with E-state index in [4.69, 9.17) is 5.73 Å². The fraction of sp³-hybridized carbons (Fsp3) is 0.333. The maximum absolute atomic E-state index is 6.08. The molecule has 3 rings (SSSR count). The molecule has 104 valence electrons. The summed E-state index contributed by atoms with van der Waals surface area (Å²) < 4.78 is 0. The van der Waals surface area contributed by atoms with Crippen molar-refractivity contribution in [2.24, 2.45) is 5.73 Å². The van der Waals surface area contributed by atoms with Gasteiger partial charge in [-0.1, -0.05) is 61.0 Å². The number of nitrogens with one attached hydrogen (secondary N) is 1. The molecule has 0 aromatic heterocycles. The first-order valence-electron chi connectivity index (χ1n) is 7.46. The Labute approximate surface area is 121 Å². The van der Waals surface area contributed by atoms with E-state index in [9.17, 15) is 0 Å². The summed E-state index contributed by atoms with van der Waals surface area (Å²) in [5.41, 5.74) is 9.94. The van der Waals surface area contributed by atoms with E-state index in [2.05, 4.69) is 53.8 Å². The van der Waals surface area contributed by atoms with Crippen molar-refractivity contribution >= 4 is 0 Å². The van der Waals surface area contributed by atoms with E-state index < -0.39 is 0 Å². The van der Waals surface area contributed by atoms with Crippen LogP contribution < -0.4 is 11.1 Å². The lowest BCUT2D eigenvalue weighted by Gasteiger charge is -2.17. The molecule has 2 unspecified atom stereocenters. The SMILES string of the molecule is NC1CCCC1NCc1ccc(-c2ccccc2)cc1. The molecule has 2 heteroatoms. The molecule has 0 aliphatic heterocycles. The first-order chi connectivity index (χ1) is 9.83. The Hall–Kier alpha value is -1.64.